The molecule has 1 aromatic rings. The quantitative estimate of drug-likeness (QED) is 0.276. The molecular weight excluding hydrogens is 443 g/mol. The molecule has 1 aliphatic rings. The first kappa shape index (κ1) is 22.7. The SMILES string of the molecule is CN=C(NCCCOC)NCc1ccc(C(=O)N2CCCCC2)cc1.I. The Kier molecular flexibility index (Phi) is 11.3. The molecule has 0 saturated carbocycles. The molecule has 26 heavy (non-hydrogen) atoms. The molecule has 7 heteroatoms. The average Bonchev–Trinajstić information content (AvgIpc) is 2.68. The molecule has 1 saturated heterocycles. The van der Waals surface area contributed by atoms with Crippen LogP contribution in [-0.4, -0.2) is 57.2 Å². The van der Waals surface area contributed by atoms with Gasteiger partial charge in [-0.2, -0.15) is 0 Å². The lowest BCUT2D eigenvalue weighted by Gasteiger charge is -2.26. The minimum Gasteiger partial charge on any atom is -0.385 e. The van der Waals surface area contributed by atoms with Gasteiger partial charge in [0.15, 0.2) is 5.96 Å². The van der Waals surface area contributed by atoms with Gasteiger partial charge in [-0.3, -0.25) is 9.79 Å². The molecule has 0 spiro atoms. The molecule has 146 valence electrons. The van der Waals surface area contributed by atoms with E-state index in [9.17, 15) is 4.79 Å². The van der Waals surface area contributed by atoms with E-state index in [-0.39, 0.29) is 29.9 Å². The van der Waals surface area contributed by atoms with Crippen molar-refractivity contribution in [2.24, 2.45) is 4.99 Å². The molecule has 1 amide bonds. The Balaban J connectivity index is 0.00000338. The van der Waals surface area contributed by atoms with Gasteiger partial charge >= 0.3 is 0 Å². The second-order valence-corrected chi connectivity index (χ2v) is 6.25. The molecule has 2 rings (SSSR count). The minimum atomic E-state index is 0. The van der Waals surface area contributed by atoms with Crippen LogP contribution in [0.1, 0.15) is 41.6 Å². The van der Waals surface area contributed by atoms with Crippen molar-refractivity contribution < 1.29 is 9.53 Å². The highest BCUT2D eigenvalue weighted by Gasteiger charge is 2.17. The Morgan fingerprint density at radius 1 is 1.15 bits per heavy atom. The number of guanidine groups is 1. The number of hydrogen-bond acceptors (Lipinski definition) is 3. The zero-order valence-electron chi connectivity index (χ0n) is 15.8. The van der Waals surface area contributed by atoms with Gasteiger partial charge in [0.05, 0.1) is 0 Å². The van der Waals surface area contributed by atoms with Crippen molar-refractivity contribution in [1.82, 2.24) is 15.5 Å². The van der Waals surface area contributed by atoms with Crippen LogP contribution in [0.4, 0.5) is 0 Å². The molecule has 0 bridgehead atoms. The lowest BCUT2D eigenvalue weighted by atomic mass is 10.1. The number of carbonyl (C=O) groups is 1. The minimum absolute atomic E-state index is 0. The number of rotatable bonds is 7. The average molecular weight is 474 g/mol. The van der Waals surface area contributed by atoms with Crippen molar-refractivity contribution in [1.29, 1.82) is 0 Å². The zero-order valence-corrected chi connectivity index (χ0v) is 18.1. The Morgan fingerprint density at radius 2 is 1.85 bits per heavy atom. The standard InChI is InChI=1S/C19H30N4O2.HI/c1-20-19(21-11-6-14-25-2)22-15-16-7-9-17(10-8-16)18(24)23-12-4-3-5-13-23;/h7-10H,3-6,11-15H2,1-2H3,(H2,20,21,22);1H. The number of nitrogens with one attached hydrogen (secondary N) is 2. The van der Waals surface area contributed by atoms with Gasteiger partial charge in [-0.05, 0) is 43.4 Å². The largest absolute Gasteiger partial charge is 0.385 e. The topological polar surface area (TPSA) is 66.0 Å². The predicted octanol–water partition coefficient (Wildman–Crippen LogP) is 2.63. The Morgan fingerprint density at radius 3 is 2.46 bits per heavy atom. The molecule has 1 aliphatic heterocycles. The van der Waals surface area contributed by atoms with Crippen LogP contribution in [0.5, 0.6) is 0 Å². The van der Waals surface area contributed by atoms with Gasteiger partial charge in [0, 0.05) is 52.5 Å². The van der Waals surface area contributed by atoms with Gasteiger partial charge in [-0.25, -0.2) is 0 Å². The molecule has 1 aromatic carbocycles. The van der Waals surface area contributed by atoms with Crippen LogP contribution in [0.15, 0.2) is 29.3 Å². The van der Waals surface area contributed by atoms with Gasteiger partial charge in [0.25, 0.3) is 5.91 Å². The summed E-state index contributed by atoms with van der Waals surface area (Å²) in [6.45, 7) is 3.98. The van der Waals surface area contributed by atoms with Crippen LogP contribution in [0.3, 0.4) is 0 Å². The first-order valence-electron chi connectivity index (χ1n) is 9.06. The fraction of sp³-hybridized carbons (Fsp3) is 0.579. The van der Waals surface area contributed by atoms with Crippen molar-refractivity contribution in [2.45, 2.75) is 32.2 Å². The fourth-order valence-electron chi connectivity index (χ4n) is 2.87. The fourth-order valence-corrected chi connectivity index (χ4v) is 2.87. The number of likely N-dealkylation sites (tertiary alicyclic amines) is 1. The normalized spacial score (nSPS) is 14.5. The Bertz CT molecular complexity index is 557. The molecule has 0 aromatic heterocycles. The highest BCUT2D eigenvalue weighted by molar-refractivity contribution is 14.0. The zero-order chi connectivity index (χ0) is 17.9. The van der Waals surface area contributed by atoms with Crippen LogP contribution < -0.4 is 10.6 Å². The molecule has 6 nitrogen and oxygen atoms in total. The van der Waals surface area contributed by atoms with Crippen LogP contribution in [0, 0.1) is 0 Å². The third-order valence-corrected chi connectivity index (χ3v) is 4.35. The highest BCUT2D eigenvalue weighted by Crippen LogP contribution is 2.13. The summed E-state index contributed by atoms with van der Waals surface area (Å²) in [6.07, 6.45) is 4.40. The molecule has 0 atom stereocenters. The number of hydrogen-bond donors (Lipinski definition) is 2. The number of aliphatic imine (C=N–C) groups is 1. The summed E-state index contributed by atoms with van der Waals surface area (Å²) in [5.74, 6) is 0.916. The highest BCUT2D eigenvalue weighted by atomic mass is 127. The van der Waals surface area contributed by atoms with Crippen molar-refractivity contribution in [3.8, 4) is 0 Å². The first-order chi connectivity index (χ1) is 12.2. The lowest BCUT2D eigenvalue weighted by Crippen LogP contribution is -2.37. The number of piperidine rings is 1. The maximum absolute atomic E-state index is 12.5. The molecule has 1 fully saturated rings. The predicted molar refractivity (Wildman–Crippen MR) is 116 cm³/mol. The van der Waals surface area contributed by atoms with Crippen molar-refractivity contribution in [2.75, 3.05) is 40.4 Å². The Labute approximate surface area is 173 Å². The second-order valence-electron chi connectivity index (χ2n) is 6.25. The molecular formula is C19H31IN4O2. The van der Waals surface area contributed by atoms with E-state index >= 15 is 0 Å². The van der Waals surface area contributed by atoms with E-state index in [0.717, 1.165) is 62.6 Å². The summed E-state index contributed by atoms with van der Waals surface area (Å²) < 4.78 is 5.03. The number of halogens is 1. The summed E-state index contributed by atoms with van der Waals surface area (Å²) in [7, 11) is 3.46. The Hall–Kier alpha value is -1.35. The smallest absolute Gasteiger partial charge is 0.253 e. The van der Waals surface area contributed by atoms with E-state index in [1.165, 1.54) is 6.42 Å². The molecule has 0 radical (unpaired) electrons. The summed E-state index contributed by atoms with van der Waals surface area (Å²) in [6, 6.07) is 7.84. The van der Waals surface area contributed by atoms with E-state index < -0.39 is 0 Å². The summed E-state index contributed by atoms with van der Waals surface area (Å²) in [5, 5.41) is 6.52. The van der Waals surface area contributed by atoms with Crippen LogP contribution in [0.2, 0.25) is 0 Å². The molecule has 2 N–H and O–H groups in total. The van der Waals surface area contributed by atoms with Crippen molar-refractivity contribution in [3.63, 3.8) is 0 Å². The number of carbonyl (C=O) groups excluding carboxylic acids is 1. The second kappa shape index (κ2) is 12.9. The summed E-state index contributed by atoms with van der Waals surface area (Å²) >= 11 is 0. The van der Waals surface area contributed by atoms with Crippen LogP contribution in [0.25, 0.3) is 0 Å². The van der Waals surface area contributed by atoms with Crippen molar-refractivity contribution in [3.05, 3.63) is 35.4 Å². The molecule has 1 heterocycles. The van der Waals surface area contributed by atoms with Gasteiger partial charge in [0.2, 0.25) is 0 Å². The van der Waals surface area contributed by atoms with Crippen LogP contribution >= 0.6 is 24.0 Å². The molecule has 0 unspecified atom stereocenters. The van der Waals surface area contributed by atoms with Gasteiger partial charge in [0.1, 0.15) is 0 Å². The van der Waals surface area contributed by atoms with E-state index in [4.69, 9.17) is 4.74 Å². The monoisotopic (exact) mass is 474 g/mol. The van der Waals surface area contributed by atoms with Crippen LogP contribution in [-0.2, 0) is 11.3 Å². The lowest BCUT2D eigenvalue weighted by molar-refractivity contribution is 0.0724. The molecule has 0 aliphatic carbocycles. The van der Waals surface area contributed by atoms with E-state index in [1.807, 2.05) is 29.2 Å². The third kappa shape index (κ3) is 7.49. The maximum atomic E-state index is 12.5. The first-order valence-corrected chi connectivity index (χ1v) is 9.06. The summed E-state index contributed by atoms with van der Waals surface area (Å²) in [4.78, 5) is 18.6. The van der Waals surface area contributed by atoms with Crippen molar-refractivity contribution >= 4 is 35.8 Å². The number of methoxy groups -OCH3 is 1. The van der Waals surface area contributed by atoms with E-state index in [0.29, 0.717) is 6.54 Å². The van der Waals surface area contributed by atoms with Gasteiger partial charge in [-0.1, -0.05) is 12.1 Å². The number of nitrogens with zero attached hydrogens (tertiary/aromatic N) is 2. The van der Waals surface area contributed by atoms with E-state index in [1.54, 1.807) is 14.2 Å². The van der Waals surface area contributed by atoms with Gasteiger partial charge < -0.3 is 20.3 Å². The number of benzene rings is 1. The maximum Gasteiger partial charge on any atom is 0.253 e. The third-order valence-electron chi connectivity index (χ3n) is 4.35. The van der Waals surface area contributed by atoms with Gasteiger partial charge in [-0.15, -0.1) is 24.0 Å². The van der Waals surface area contributed by atoms with E-state index in [2.05, 4.69) is 15.6 Å². The number of ether oxygens (including phenoxy) is 1. The summed E-state index contributed by atoms with van der Waals surface area (Å²) in [5.41, 5.74) is 1.89. The number of amides is 1.